The number of hydrogen-bond acceptors (Lipinski definition) is 4. The summed E-state index contributed by atoms with van der Waals surface area (Å²) in [5.41, 5.74) is 2.63. The van der Waals surface area contributed by atoms with Gasteiger partial charge in [-0.2, -0.15) is 13.1 Å². The van der Waals surface area contributed by atoms with Crippen LogP contribution in [0.25, 0.3) is 11.1 Å². The summed E-state index contributed by atoms with van der Waals surface area (Å²) < 4.78 is 36.2. The smallest absolute Gasteiger partial charge is 0.382 e. The molecule has 3 aromatic carbocycles. The first-order valence-corrected chi connectivity index (χ1v) is 9.15. The zero-order valence-electron chi connectivity index (χ0n) is 13.2. The van der Waals surface area contributed by atoms with Crippen LogP contribution in [0, 0.1) is 0 Å². The van der Waals surface area contributed by atoms with Crippen LogP contribution in [0.1, 0.15) is 5.56 Å². The van der Waals surface area contributed by atoms with Gasteiger partial charge in [-0.25, -0.2) is 0 Å². The number of ether oxygens (including phenoxy) is 1. The second-order valence-corrected chi connectivity index (χ2v) is 6.98. The Bertz CT molecular complexity index is 999. The summed E-state index contributed by atoms with van der Waals surface area (Å²) in [6.07, 6.45) is 0. The van der Waals surface area contributed by atoms with Crippen LogP contribution in [0.15, 0.2) is 72.8 Å². The molecular weight excluding hydrogens is 338 g/mol. The van der Waals surface area contributed by atoms with Crippen LogP contribution in [0.3, 0.4) is 0 Å². The Hall–Kier alpha value is -2.83. The van der Waals surface area contributed by atoms with Gasteiger partial charge in [0.25, 0.3) is 0 Å². The minimum absolute atomic E-state index is 0.238. The summed E-state index contributed by atoms with van der Waals surface area (Å²) in [4.78, 5) is 0. The Morgan fingerprint density at radius 1 is 0.840 bits per heavy atom. The summed E-state index contributed by atoms with van der Waals surface area (Å²) in [6, 6.07) is 22.7. The third-order valence-electron chi connectivity index (χ3n) is 3.87. The molecule has 0 radical (unpaired) electrons. The van der Waals surface area contributed by atoms with Crippen LogP contribution < -0.4 is 13.6 Å². The van der Waals surface area contributed by atoms with Gasteiger partial charge in [0.05, 0.1) is 0 Å². The molecule has 1 N–H and O–H groups in total. The van der Waals surface area contributed by atoms with E-state index in [-0.39, 0.29) is 6.54 Å². The Kier molecular flexibility index (Phi) is 3.91. The SMILES string of the molecule is O=S1(=O)NCc2ccc(-c3ccc(Oc4ccccc4)cc3)cc2O1. The largest absolute Gasteiger partial charge is 0.457 e. The Balaban J connectivity index is 1.58. The number of rotatable bonds is 3. The minimum Gasteiger partial charge on any atom is -0.457 e. The molecule has 0 amide bonds. The van der Waals surface area contributed by atoms with E-state index in [1.54, 1.807) is 6.07 Å². The fourth-order valence-electron chi connectivity index (χ4n) is 2.61. The molecule has 1 heterocycles. The molecule has 0 fully saturated rings. The van der Waals surface area contributed by atoms with Crippen molar-refractivity contribution in [2.24, 2.45) is 0 Å². The van der Waals surface area contributed by atoms with Crippen molar-refractivity contribution in [1.29, 1.82) is 0 Å². The van der Waals surface area contributed by atoms with Gasteiger partial charge in [-0.3, -0.25) is 0 Å². The van der Waals surface area contributed by atoms with Gasteiger partial charge in [0.15, 0.2) is 0 Å². The molecule has 0 spiro atoms. The zero-order valence-corrected chi connectivity index (χ0v) is 14.0. The van der Waals surface area contributed by atoms with Crippen molar-refractivity contribution in [2.45, 2.75) is 6.54 Å². The lowest BCUT2D eigenvalue weighted by Crippen LogP contribution is -2.32. The van der Waals surface area contributed by atoms with Crippen LogP contribution in [0.5, 0.6) is 17.2 Å². The Morgan fingerprint density at radius 3 is 2.28 bits per heavy atom. The number of nitrogens with one attached hydrogen (secondary N) is 1. The Morgan fingerprint density at radius 2 is 1.52 bits per heavy atom. The topological polar surface area (TPSA) is 64.6 Å². The number of fused-ring (bicyclic) bond motifs is 1. The van der Waals surface area contributed by atoms with E-state index in [1.165, 1.54) is 0 Å². The van der Waals surface area contributed by atoms with E-state index in [0.717, 1.165) is 28.2 Å². The van der Waals surface area contributed by atoms with Crippen LogP contribution >= 0.6 is 0 Å². The number of para-hydroxylation sites is 1. The summed E-state index contributed by atoms with van der Waals surface area (Å²) in [6.45, 7) is 0.238. The monoisotopic (exact) mass is 353 g/mol. The van der Waals surface area contributed by atoms with Gasteiger partial charge in [0.2, 0.25) is 0 Å². The first kappa shape index (κ1) is 15.7. The molecule has 126 valence electrons. The van der Waals surface area contributed by atoms with E-state index < -0.39 is 10.3 Å². The molecule has 0 bridgehead atoms. The van der Waals surface area contributed by atoms with Crippen LogP contribution in [0.4, 0.5) is 0 Å². The number of benzene rings is 3. The molecule has 0 aliphatic carbocycles. The van der Waals surface area contributed by atoms with Crippen molar-refractivity contribution < 1.29 is 17.3 Å². The number of hydrogen-bond donors (Lipinski definition) is 1. The second-order valence-electron chi connectivity index (χ2n) is 5.62. The summed E-state index contributed by atoms with van der Waals surface area (Å²) >= 11 is 0. The standard InChI is InChI=1S/C19H15NO4S/c21-25(22)20-13-16-7-6-15(12-19(16)24-25)14-8-10-18(11-9-14)23-17-4-2-1-3-5-17/h1-12,20H,13H2. The molecule has 3 aromatic rings. The lowest BCUT2D eigenvalue weighted by Gasteiger charge is -2.18. The fraction of sp³-hybridized carbons (Fsp3) is 0.0526. The van der Waals surface area contributed by atoms with Crippen LogP contribution in [-0.2, 0) is 16.8 Å². The predicted octanol–water partition coefficient (Wildman–Crippen LogP) is 3.87. The second kappa shape index (κ2) is 6.23. The highest BCUT2D eigenvalue weighted by molar-refractivity contribution is 7.85. The average molecular weight is 353 g/mol. The average Bonchev–Trinajstić information content (AvgIpc) is 2.62. The maximum atomic E-state index is 11.5. The molecule has 0 aromatic heterocycles. The molecule has 0 unspecified atom stereocenters. The van der Waals surface area contributed by atoms with Gasteiger partial charge in [-0.1, -0.05) is 42.5 Å². The molecule has 4 rings (SSSR count). The fourth-order valence-corrected chi connectivity index (χ4v) is 3.39. The van der Waals surface area contributed by atoms with E-state index in [2.05, 4.69) is 4.72 Å². The normalized spacial score (nSPS) is 15.0. The lowest BCUT2D eigenvalue weighted by atomic mass is 10.0. The van der Waals surface area contributed by atoms with Gasteiger partial charge in [0, 0.05) is 12.1 Å². The predicted molar refractivity (Wildman–Crippen MR) is 94.8 cm³/mol. The van der Waals surface area contributed by atoms with Gasteiger partial charge >= 0.3 is 10.3 Å². The van der Waals surface area contributed by atoms with Gasteiger partial charge in [-0.05, 0) is 41.5 Å². The van der Waals surface area contributed by atoms with E-state index in [9.17, 15) is 8.42 Å². The maximum absolute atomic E-state index is 11.5. The van der Waals surface area contributed by atoms with E-state index in [4.69, 9.17) is 8.92 Å². The quantitative estimate of drug-likeness (QED) is 0.776. The van der Waals surface area contributed by atoms with Crippen molar-refractivity contribution in [3.8, 4) is 28.4 Å². The molecule has 6 heteroatoms. The summed E-state index contributed by atoms with van der Waals surface area (Å²) in [7, 11) is -3.71. The van der Waals surface area contributed by atoms with Gasteiger partial charge in [-0.15, -0.1) is 0 Å². The third kappa shape index (κ3) is 3.50. The van der Waals surface area contributed by atoms with E-state index >= 15 is 0 Å². The molecule has 0 saturated heterocycles. The highest BCUT2D eigenvalue weighted by atomic mass is 32.2. The molecule has 0 saturated carbocycles. The molecular formula is C19H15NO4S. The van der Waals surface area contributed by atoms with Crippen molar-refractivity contribution >= 4 is 10.3 Å². The first-order valence-electron chi connectivity index (χ1n) is 7.74. The zero-order chi connectivity index (χ0) is 17.3. The third-order valence-corrected chi connectivity index (χ3v) is 4.77. The van der Waals surface area contributed by atoms with E-state index in [0.29, 0.717) is 5.75 Å². The maximum Gasteiger partial charge on any atom is 0.382 e. The van der Waals surface area contributed by atoms with Crippen molar-refractivity contribution in [1.82, 2.24) is 4.72 Å². The molecule has 1 aliphatic rings. The molecule has 5 nitrogen and oxygen atoms in total. The first-order chi connectivity index (χ1) is 12.1. The van der Waals surface area contributed by atoms with Crippen molar-refractivity contribution in [3.05, 3.63) is 78.4 Å². The highest BCUT2D eigenvalue weighted by Gasteiger charge is 2.21. The van der Waals surface area contributed by atoms with Gasteiger partial charge < -0.3 is 8.92 Å². The highest BCUT2D eigenvalue weighted by Crippen LogP contribution is 2.31. The molecule has 1 aliphatic heterocycles. The summed E-state index contributed by atoms with van der Waals surface area (Å²) in [5.74, 6) is 1.87. The molecule has 25 heavy (non-hydrogen) atoms. The van der Waals surface area contributed by atoms with Crippen LogP contribution in [-0.4, -0.2) is 8.42 Å². The van der Waals surface area contributed by atoms with Crippen molar-refractivity contribution in [2.75, 3.05) is 0 Å². The Labute approximate surface area is 146 Å². The minimum atomic E-state index is -3.71. The molecule has 0 atom stereocenters. The van der Waals surface area contributed by atoms with E-state index in [1.807, 2.05) is 66.7 Å². The summed E-state index contributed by atoms with van der Waals surface area (Å²) in [5, 5.41) is 0. The van der Waals surface area contributed by atoms with Crippen LogP contribution in [0.2, 0.25) is 0 Å². The van der Waals surface area contributed by atoms with Crippen molar-refractivity contribution in [3.63, 3.8) is 0 Å². The lowest BCUT2D eigenvalue weighted by molar-refractivity contribution is 0.453. The van der Waals surface area contributed by atoms with Gasteiger partial charge in [0.1, 0.15) is 17.2 Å².